The van der Waals surface area contributed by atoms with Crippen molar-refractivity contribution in [2.75, 3.05) is 18.1 Å². The summed E-state index contributed by atoms with van der Waals surface area (Å²) >= 11 is 5.96. The number of amides is 2. The number of nitrogen functional groups attached to an aromatic ring is 2. The molecule has 0 unspecified atom stereocenters. The number of anilines is 2. The van der Waals surface area contributed by atoms with Crippen LogP contribution in [0.5, 0.6) is 0 Å². The van der Waals surface area contributed by atoms with Gasteiger partial charge < -0.3 is 26.8 Å². The Morgan fingerprint density at radius 3 is 2.29 bits per heavy atom. The lowest BCUT2D eigenvalue weighted by molar-refractivity contribution is -0.676. The highest BCUT2D eigenvalue weighted by Gasteiger charge is 2.29. The van der Waals surface area contributed by atoms with E-state index in [4.69, 9.17) is 27.8 Å². The summed E-state index contributed by atoms with van der Waals surface area (Å²) in [5.74, 6) is 0.242. The largest absolute Gasteiger partial charge is 0.449 e. The number of fused-ring (bicyclic) bond motifs is 4. The number of nitrogens with zero attached hydrogens (tertiary/aromatic N) is 4. The maximum absolute atomic E-state index is 12.9. The van der Waals surface area contributed by atoms with Crippen LogP contribution in [0, 0.1) is 0 Å². The molecule has 5 aromatic rings. The van der Waals surface area contributed by atoms with Crippen LogP contribution in [0.2, 0.25) is 5.15 Å². The van der Waals surface area contributed by atoms with Gasteiger partial charge in [-0.1, -0.05) is 66.2 Å². The summed E-state index contributed by atoms with van der Waals surface area (Å²) in [6, 6.07) is 22.5. The summed E-state index contributed by atoms with van der Waals surface area (Å²) < 4.78 is 9.97. The molecule has 0 bridgehead atoms. The van der Waals surface area contributed by atoms with Crippen LogP contribution in [0.15, 0.2) is 66.7 Å². The molecule has 230 valence electrons. The van der Waals surface area contributed by atoms with E-state index < -0.39 is 12.0 Å². The van der Waals surface area contributed by atoms with Crippen LogP contribution in [0.3, 0.4) is 0 Å². The average Bonchev–Trinajstić information content (AvgIpc) is 3.54. The summed E-state index contributed by atoms with van der Waals surface area (Å²) in [5, 5.41) is 5.70. The molecule has 0 saturated carbocycles. The van der Waals surface area contributed by atoms with Crippen LogP contribution in [0.1, 0.15) is 52.8 Å². The predicted molar refractivity (Wildman–Crippen MR) is 172 cm³/mol. The number of aromatic nitrogens is 4. The first-order valence-electron chi connectivity index (χ1n) is 14.8. The molecule has 1 aliphatic rings. The summed E-state index contributed by atoms with van der Waals surface area (Å²) in [4.78, 5) is 33.6. The highest BCUT2D eigenvalue weighted by Crippen LogP contribution is 2.44. The van der Waals surface area contributed by atoms with Crippen LogP contribution in [0.25, 0.3) is 22.2 Å². The van der Waals surface area contributed by atoms with Crippen molar-refractivity contribution in [3.63, 3.8) is 0 Å². The maximum atomic E-state index is 12.9. The third-order valence-corrected chi connectivity index (χ3v) is 8.46. The van der Waals surface area contributed by atoms with E-state index in [-0.39, 0.29) is 41.6 Å². The third-order valence-electron chi connectivity index (χ3n) is 8.18. The van der Waals surface area contributed by atoms with E-state index in [1.54, 1.807) is 0 Å². The minimum atomic E-state index is -0.509. The van der Waals surface area contributed by atoms with Crippen molar-refractivity contribution in [3.05, 3.63) is 100 Å². The Balaban J connectivity index is 1.14. The maximum Gasteiger partial charge on any atom is 0.407 e. The van der Waals surface area contributed by atoms with Crippen LogP contribution in [0.4, 0.5) is 16.4 Å². The molecule has 6 rings (SSSR count). The van der Waals surface area contributed by atoms with Gasteiger partial charge in [0.05, 0.1) is 13.1 Å². The van der Waals surface area contributed by atoms with Gasteiger partial charge >= 0.3 is 6.09 Å². The molecular formula is C33H34ClN8O3+. The van der Waals surface area contributed by atoms with Crippen molar-refractivity contribution >= 4 is 46.3 Å². The fourth-order valence-corrected chi connectivity index (χ4v) is 6.25. The van der Waals surface area contributed by atoms with Crippen molar-refractivity contribution in [2.24, 2.45) is 0 Å². The minimum absolute atomic E-state index is 0.00349. The number of hydrogen-bond acceptors (Lipinski definition) is 7. The summed E-state index contributed by atoms with van der Waals surface area (Å²) in [5.41, 5.74) is 19.0. The van der Waals surface area contributed by atoms with Crippen LogP contribution in [-0.4, -0.2) is 33.1 Å². The number of benzene rings is 3. The number of nitrogens with two attached hydrogens (primary N) is 2. The first-order valence-corrected chi connectivity index (χ1v) is 15.2. The number of alkyl carbamates (subject to hydrolysis) is 1. The molecular weight excluding hydrogens is 592 g/mol. The highest BCUT2D eigenvalue weighted by atomic mass is 35.5. The molecule has 1 aliphatic carbocycles. The van der Waals surface area contributed by atoms with Crippen LogP contribution < -0.4 is 26.7 Å². The monoisotopic (exact) mass is 625 g/mol. The van der Waals surface area contributed by atoms with Crippen molar-refractivity contribution in [3.8, 4) is 11.1 Å². The van der Waals surface area contributed by atoms with Gasteiger partial charge in [-0.25, -0.2) is 23.9 Å². The first-order chi connectivity index (χ1) is 21.8. The van der Waals surface area contributed by atoms with Crippen LogP contribution in [-0.2, 0) is 30.9 Å². The van der Waals surface area contributed by atoms with Gasteiger partial charge in [-0.2, -0.15) is 0 Å². The standard InChI is InChI=1S/C33H33ClN8O3/c1-3-41-25-14-13-19(15-26(25)42(4-2)27(41)17-37-32(43)28-30(35)40-31(36)29(34)39-28)16-38-33(44)45-18-24-22-11-7-5-9-20(22)21-10-6-8-12-23(21)24/h5-15,24H,3-4,16-18H2,1-2H3,(H5-,35,36,37,38,40,43,44)/p+1. The molecule has 0 radical (unpaired) electrons. The molecule has 6 N–H and O–H groups in total. The molecule has 0 aliphatic heterocycles. The lowest BCUT2D eigenvalue weighted by atomic mass is 9.98. The number of hydrogen-bond donors (Lipinski definition) is 4. The Morgan fingerprint density at radius 1 is 0.933 bits per heavy atom. The Kier molecular flexibility index (Phi) is 8.27. The lowest BCUT2D eigenvalue weighted by Crippen LogP contribution is -2.40. The second-order valence-corrected chi connectivity index (χ2v) is 11.1. The van der Waals surface area contributed by atoms with Gasteiger partial charge in [0.15, 0.2) is 33.5 Å². The number of imidazole rings is 1. The van der Waals surface area contributed by atoms with E-state index in [2.05, 4.69) is 54.0 Å². The molecule has 0 spiro atoms. The molecule has 2 heterocycles. The van der Waals surface area contributed by atoms with Gasteiger partial charge in [-0.15, -0.1) is 0 Å². The molecule has 0 fully saturated rings. The highest BCUT2D eigenvalue weighted by molar-refractivity contribution is 6.31. The zero-order chi connectivity index (χ0) is 31.7. The molecule has 3 aromatic carbocycles. The zero-order valence-corrected chi connectivity index (χ0v) is 25.8. The van der Waals surface area contributed by atoms with E-state index >= 15 is 0 Å². The number of aryl methyl sites for hydroxylation is 2. The van der Waals surface area contributed by atoms with Crippen molar-refractivity contribution in [1.29, 1.82) is 0 Å². The normalized spacial score (nSPS) is 12.2. The van der Waals surface area contributed by atoms with Gasteiger partial charge in [0.25, 0.3) is 11.7 Å². The Morgan fingerprint density at radius 2 is 1.62 bits per heavy atom. The zero-order valence-electron chi connectivity index (χ0n) is 25.0. The second kappa shape index (κ2) is 12.4. The predicted octanol–water partition coefficient (Wildman–Crippen LogP) is 4.55. The quantitative estimate of drug-likeness (QED) is 0.175. The first kappa shape index (κ1) is 29.9. The van der Waals surface area contributed by atoms with E-state index in [9.17, 15) is 9.59 Å². The molecule has 0 saturated heterocycles. The Bertz CT molecular complexity index is 1890. The lowest BCUT2D eigenvalue weighted by Gasteiger charge is -2.14. The Labute approximate surface area is 265 Å². The number of nitrogens with one attached hydrogen (secondary N) is 2. The van der Waals surface area contributed by atoms with Crippen molar-refractivity contribution in [2.45, 2.75) is 45.9 Å². The molecule has 12 heteroatoms. The van der Waals surface area contributed by atoms with Gasteiger partial charge in [-0.3, -0.25) is 4.79 Å². The fraction of sp³-hybridized carbons (Fsp3) is 0.242. The molecule has 2 amide bonds. The summed E-state index contributed by atoms with van der Waals surface area (Å²) in [6.07, 6.45) is -0.472. The van der Waals surface area contributed by atoms with E-state index in [1.807, 2.05) is 56.3 Å². The SMILES string of the molecule is CCn1c(CNC(=O)c2nc(Cl)c(N)nc2N)[n+](CC)c2ccc(CNC(=O)OCC3c4ccccc4-c4ccccc43)cc21. The number of halogens is 1. The van der Waals surface area contributed by atoms with Gasteiger partial charge in [-0.05, 0) is 53.8 Å². The van der Waals surface area contributed by atoms with Crippen molar-refractivity contribution in [1.82, 2.24) is 25.2 Å². The van der Waals surface area contributed by atoms with Crippen LogP contribution >= 0.6 is 11.6 Å². The van der Waals surface area contributed by atoms with Crippen molar-refractivity contribution < 1.29 is 18.9 Å². The number of carbonyl (C=O) groups excluding carboxylic acids is 2. The van der Waals surface area contributed by atoms with E-state index in [0.717, 1.165) is 22.4 Å². The van der Waals surface area contributed by atoms with Gasteiger partial charge in [0.1, 0.15) is 13.2 Å². The Hall–Kier alpha value is -5.16. The third kappa shape index (κ3) is 5.62. The van der Waals surface area contributed by atoms with E-state index in [0.29, 0.717) is 19.6 Å². The number of rotatable bonds is 9. The second-order valence-electron chi connectivity index (χ2n) is 10.7. The summed E-state index contributed by atoms with van der Waals surface area (Å²) in [7, 11) is 0. The molecule has 0 atom stereocenters. The average molecular weight is 626 g/mol. The topological polar surface area (TPSA) is 154 Å². The molecule has 2 aromatic heterocycles. The van der Waals surface area contributed by atoms with Gasteiger partial charge in [0, 0.05) is 12.5 Å². The van der Waals surface area contributed by atoms with Gasteiger partial charge in [0.2, 0.25) is 0 Å². The van der Waals surface area contributed by atoms with E-state index in [1.165, 1.54) is 22.3 Å². The molecule has 45 heavy (non-hydrogen) atoms. The number of ether oxygens (including phenoxy) is 1. The minimum Gasteiger partial charge on any atom is -0.449 e. The summed E-state index contributed by atoms with van der Waals surface area (Å²) in [6.45, 7) is 6.19. The number of carbonyl (C=O) groups is 2. The fourth-order valence-electron chi connectivity index (χ4n) is 6.12. The molecule has 11 nitrogen and oxygen atoms in total. The smallest absolute Gasteiger partial charge is 0.407 e.